The van der Waals surface area contributed by atoms with E-state index in [0.717, 1.165) is 0 Å². The fourth-order valence-electron chi connectivity index (χ4n) is 4.11. The minimum Gasteiger partial charge on any atom is -0.0681 e. The van der Waals surface area contributed by atoms with Crippen LogP contribution in [0.15, 0.2) is 54.6 Å². The topological polar surface area (TPSA) is 0 Å². The molecule has 126 valence electrons. The van der Waals surface area contributed by atoms with Gasteiger partial charge in [-0.2, -0.15) is 0 Å². The average molecular weight is 326 g/mol. The number of hydrogen-bond acceptors (Lipinski definition) is 0. The second kappa shape index (κ2) is 6.92. The molecular weight excluding hydrogens is 299 g/mol. The standard InChI is InChI=1S/C24H27B/c1-16-7-17(2)11-22(10-16)25(23-12-18(3)8-19(4)13-23)24-14-20(5)9-21(6)15-24/h7-15H,1-6H3. The highest BCUT2D eigenvalue weighted by Crippen LogP contribution is 2.08. The molecule has 0 fully saturated rings. The first-order valence-corrected chi connectivity index (χ1v) is 9.06. The van der Waals surface area contributed by atoms with E-state index in [0.29, 0.717) is 0 Å². The molecule has 0 N–H and O–H groups in total. The molecule has 0 unspecified atom stereocenters. The first-order valence-electron chi connectivity index (χ1n) is 9.06. The van der Waals surface area contributed by atoms with Gasteiger partial charge >= 0.3 is 0 Å². The van der Waals surface area contributed by atoms with Crippen LogP contribution < -0.4 is 16.4 Å². The molecule has 3 aromatic carbocycles. The highest BCUT2D eigenvalue weighted by Gasteiger charge is 2.23. The van der Waals surface area contributed by atoms with Gasteiger partial charge in [-0.3, -0.25) is 0 Å². The average Bonchev–Trinajstić information content (AvgIpc) is 2.44. The van der Waals surface area contributed by atoms with Crippen LogP contribution in [-0.2, 0) is 0 Å². The summed E-state index contributed by atoms with van der Waals surface area (Å²) in [5.74, 6) is 0. The smallest absolute Gasteiger partial charge is 0.0681 e. The third-order valence-electron chi connectivity index (χ3n) is 4.73. The maximum atomic E-state index is 2.34. The molecule has 0 saturated carbocycles. The minimum atomic E-state index is 0.274. The first-order chi connectivity index (χ1) is 11.8. The molecule has 0 aliphatic heterocycles. The van der Waals surface area contributed by atoms with Crippen molar-refractivity contribution in [3.05, 3.63) is 88.0 Å². The quantitative estimate of drug-likeness (QED) is 0.637. The molecule has 0 bridgehead atoms. The number of benzene rings is 3. The zero-order chi connectivity index (χ0) is 18.1. The summed E-state index contributed by atoms with van der Waals surface area (Å²) in [6, 6.07) is 20.8. The van der Waals surface area contributed by atoms with Crippen molar-refractivity contribution in [1.29, 1.82) is 0 Å². The van der Waals surface area contributed by atoms with Crippen LogP contribution in [0.25, 0.3) is 0 Å². The Labute approximate surface area is 153 Å². The molecule has 0 radical (unpaired) electrons. The summed E-state index contributed by atoms with van der Waals surface area (Å²) in [5.41, 5.74) is 12.1. The van der Waals surface area contributed by atoms with Gasteiger partial charge < -0.3 is 0 Å². The second-order valence-electron chi connectivity index (χ2n) is 7.70. The molecule has 3 aromatic rings. The lowest BCUT2D eigenvalue weighted by Crippen LogP contribution is -2.52. The Morgan fingerprint density at radius 2 is 0.560 bits per heavy atom. The van der Waals surface area contributed by atoms with Crippen LogP contribution in [0.4, 0.5) is 0 Å². The van der Waals surface area contributed by atoms with Gasteiger partial charge in [0.15, 0.2) is 0 Å². The van der Waals surface area contributed by atoms with E-state index in [1.165, 1.54) is 49.8 Å². The van der Waals surface area contributed by atoms with Crippen molar-refractivity contribution in [2.24, 2.45) is 0 Å². The molecule has 0 amide bonds. The Balaban J connectivity index is 2.27. The molecule has 0 spiro atoms. The SMILES string of the molecule is Cc1cc(C)cc(B(c2cc(C)cc(C)c2)c2cc(C)cc(C)c2)c1. The zero-order valence-electron chi connectivity index (χ0n) is 16.3. The van der Waals surface area contributed by atoms with E-state index in [9.17, 15) is 0 Å². The number of rotatable bonds is 3. The maximum absolute atomic E-state index is 2.34. The van der Waals surface area contributed by atoms with Gasteiger partial charge in [-0.15, -0.1) is 0 Å². The predicted molar refractivity (Wildman–Crippen MR) is 112 cm³/mol. The molecule has 3 rings (SSSR count). The van der Waals surface area contributed by atoms with Crippen LogP contribution in [-0.4, -0.2) is 6.71 Å². The summed E-state index contributed by atoms with van der Waals surface area (Å²) in [6.07, 6.45) is 0. The van der Waals surface area contributed by atoms with Crippen molar-refractivity contribution in [3.63, 3.8) is 0 Å². The van der Waals surface area contributed by atoms with E-state index in [1.54, 1.807) is 0 Å². The Kier molecular flexibility index (Phi) is 4.86. The third kappa shape index (κ3) is 4.04. The van der Waals surface area contributed by atoms with Crippen molar-refractivity contribution in [2.45, 2.75) is 41.5 Å². The maximum Gasteiger partial charge on any atom is 0.241 e. The van der Waals surface area contributed by atoms with Gasteiger partial charge in [0.25, 0.3) is 0 Å². The molecule has 1 heteroatoms. The van der Waals surface area contributed by atoms with Gasteiger partial charge in [-0.25, -0.2) is 0 Å². The van der Waals surface area contributed by atoms with Gasteiger partial charge in [0.1, 0.15) is 0 Å². The van der Waals surface area contributed by atoms with E-state index in [2.05, 4.69) is 96.1 Å². The zero-order valence-corrected chi connectivity index (χ0v) is 16.3. The van der Waals surface area contributed by atoms with Crippen molar-refractivity contribution in [2.75, 3.05) is 0 Å². The fourth-order valence-corrected chi connectivity index (χ4v) is 4.11. The largest absolute Gasteiger partial charge is 0.241 e. The molecule has 0 aliphatic carbocycles. The summed E-state index contributed by atoms with van der Waals surface area (Å²) in [7, 11) is 0. The highest BCUT2D eigenvalue weighted by atomic mass is 14.0. The van der Waals surface area contributed by atoms with Crippen LogP contribution >= 0.6 is 0 Å². The van der Waals surface area contributed by atoms with E-state index in [1.807, 2.05) is 0 Å². The Morgan fingerprint density at radius 1 is 0.360 bits per heavy atom. The van der Waals surface area contributed by atoms with E-state index >= 15 is 0 Å². The molecule has 0 aromatic heterocycles. The summed E-state index contributed by atoms with van der Waals surface area (Å²) in [4.78, 5) is 0. The Hall–Kier alpha value is -2.28. The Bertz CT molecular complexity index is 738. The monoisotopic (exact) mass is 326 g/mol. The Morgan fingerprint density at radius 3 is 0.760 bits per heavy atom. The lowest BCUT2D eigenvalue weighted by atomic mass is 9.36. The van der Waals surface area contributed by atoms with E-state index < -0.39 is 0 Å². The van der Waals surface area contributed by atoms with Crippen molar-refractivity contribution < 1.29 is 0 Å². The van der Waals surface area contributed by atoms with Crippen LogP contribution in [0.5, 0.6) is 0 Å². The number of aryl methyl sites for hydroxylation is 6. The second-order valence-corrected chi connectivity index (χ2v) is 7.70. The summed E-state index contributed by atoms with van der Waals surface area (Å²) in [5, 5.41) is 0. The van der Waals surface area contributed by atoms with Gasteiger partial charge in [-0.1, -0.05) is 104 Å². The predicted octanol–water partition coefficient (Wildman–Crippen LogP) is 4.05. The van der Waals surface area contributed by atoms with Crippen molar-refractivity contribution >= 4 is 23.1 Å². The summed E-state index contributed by atoms with van der Waals surface area (Å²) >= 11 is 0. The van der Waals surface area contributed by atoms with Crippen molar-refractivity contribution in [3.8, 4) is 0 Å². The van der Waals surface area contributed by atoms with E-state index in [-0.39, 0.29) is 6.71 Å². The fraction of sp³-hybridized carbons (Fsp3) is 0.250. The van der Waals surface area contributed by atoms with Crippen LogP contribution in [0.1, 0.15) is 33.4 Å². The van der Waals surface area contributed by atoms with Gasteiger partial charge in [-0.05, 0) is 41.5 Å². The van der Waals surface area contributed by atoms with Crippen LogP contribution in [0.3, 0.4) is 0 Å². The van der Waals surface area contributed by atoms with Gasteiger partial charge in [0, 0.05) is 0 Å². The number of hydrogen-bond donors (Lipinski definition) is 0. The molecule has 0 heterocycles. The third-order valence-corrected chi connectivity index (χ3v) is 4.73. The molecule has 0 nitrogen and oxygen atoms in total. The lowest BCUT2D eigenvalue weighted by Gasteiger charge is -2.19. The van der Waals surface area contributed by atoms with Crippen LogP contribution in [0, 0.1) is 41.5 Å². The normalized spacial score (nSPS) is 10.8. The van der Waals surface area contributed by atoms with Crippen LogP contribution in [0.2, 0.25) is 0 Å². The first kappa shape index (κ1) is 17.5. The minimum absolute atomic E-state index is 0.274. The van der Waals surface area contributed by atoms with Gasteiger partial charge in [0.05, 0.1) is 0 Å². The molecule has 0 saturated heterocycles. The van der Waals surface area contributed by atoms with E-state index in [4.69, 9.17) is 0 Å². The highest BCUT2D eigenvalue weighted by molar-refractivity contribution is 6.95. The summed E-state index contributed by atoms with van der Waals surface area (Å²) < 4.78 is 0. The lowest BCUT2D eigenvalue weighted by molar-refractivity contribution is 1.39. The van der Waals surface area contributed by atoms with Gasteiger partial charge in [0.2, 0.25) is 6.71 Å². The molecular formula is C24H27B. The van der Waals surface area contributed by atoms with Crippen molar-refractivity contribution in [1.82, 2.24) is 0 Å². The summed E-state index contributed by atoms with van der Waals surface area (Å²) in [6.45, 7) is 13.4. The molecule has 0 atom stereocenters. The molecule has 25 heavy (non-hydrogen) atoms. The molecule has 0 aliphatic rings.